The number of rotatable bonds is 5. The van der Waals surface area contributed by atoms with Crippen molar-refractivity contribution in [3.8, 4) is 0 Å². The van der Waals surface area contributed by atoms with Gasteiger partial charge in [0.2, 0.25) is 5.91 Å². The van der Waals surface area contributed by atoms with Gasteiger partial charge in [0.1, 0.15) is 0 Å². The smallest absolute Gasteiger partial charge is 0.222 e. The summed E-state index contributed by atoms with van der Waals surface area (Å²) in [4.78, 5) is 20.6. The van der Waals surface area contributed by atoms with Gasteiger partial charge in [0.15, 0.2) is 5.96 Å². The van der Waals surface area contributed by atoms with Crippen LogP contribution in [-0.4, -0.2) is 62.1 Å². The van der Waals surface area contributed by atoms with E-state index in [1.165, 1.54) is 11.3 Å². The van der Waals surface area contributed by atoms with Crippen molar-refractivity contribution in [1.29, 1.82) is 0 Å². The predicted octanol–water partition coefficient (Wildman–Crippen LogP) is 2.23. The highest BCUT2D eigenvalue weighted by Crippen LogP contribution is 2.31. The number of guanidine groups is 1. The van der Waals surface area contributed by atoms with Crippen LogP contribution in [0, 0.1) is 0 Å². The molecule has 2 aliphatic heterocycles. The first-order chi connectivity index (χ1) is 12.6. The maximum absolute atomic E-state index is 11.8. The van der Waals surface area contributed by atoms with Crippen LogP contribution in [0.15, 0.2) is 29.3 Å². The number of nitrogens with one attached hydrogen (secondary N) is 2. The maximum Gasteiger partial charge on any atom is 0.222 e. The number of likely N-dealkylation sites (tertiary alicyclic amines) is 1. The lowest BCUT2D eigenvalue weighted by Gasteiger charge is -2.26. The molecule has 2 heterocycles. The van der Waals surface area contributed by atoms with E-state index in [4.69, 9.17) is 0 Å². The standard InChI is InChI=1S/C20H31N5O.HI/c1-4-19(26)24-11-9-17(14-24)23-20(21-3)22-10-12-25-15(2)13-16-7-5-6-8-18(16)25;/h5-8,15,17H,4,9-14H2,1-3H3,(H2,21,22,23);1H. The number of fused-ring (bicyclic) bond motifs is 1. The Bertz CT molecular complexity index is 666. The SMILES string of the molecule is CCC(=O)N1CCC(NC(=NC)NCCN2c3ccccc3CC2C)C1.I. The van der Waals surface area contributed by atoms with Gasteiger partial charge in [-0.15, -0.1) is 24.0 Å². The Hall–Kier alpha value is -1.51. The van der Waals surface area contributed by atoms with E-state index >= 15 is 0 Å². The zero-order valence-electron chi connectivity index (χ0n) is 16.6. The van der Waals surface area contributed by atoms with Crippen molar-refractivity contribution in [2.45, 2.75) is 45.2 Å². The van der Waals surface area contributed by atoms with Gasteiger partial charge >= 0.3 is 0 Å². The van der Waals surface area contributed by atoms with Crippen molar-refractivity contribution >= 4 is 41.5 Å². The van der Waals surface area contributed by atoms with E-state index in [1.54, 1.807) is 7.05 Å². The number of aliphatic imine (C=N–C) groups is 1. The van der Waals surface area contributed by atoms with E-state index in [1.807, 2.05) is 11.8 Å². The Morgan fingerprint density at radius 1 is 1.33 bits per heavy atom. The normalized spacial score (nSPS) is 21.7. The van der Waals surface area contributed by atoms with E-state index < -0.39 is 0 Å². The number of anilines is 1. The highest BCUT2D eigenvalue weighted by molar-refractivity contribution is 14.0. The van der Waals surface area contributed by atoms with E-state index in [0.717, 1.165) is 45.0 Å². The van der Waals surface area contributed by atoms with Crippen molar-refractivity contribution in [2.24, 2.45) is 4.99 Å². The summed E-state index contributed by atoms with van der Waals surface area (Å²) in [6.07, 6.45) is 2.67. The first kappa shape index (κ1) is 21.8. The summed E-state index contributed by atoms with van der Waals surface area (Å²) in [6, 6.07) is 9.48. The Kier molecular flexibility index (Phi) is 8.19. The second kappa shape index (κ2) is 10.1. The molecule has 1 saturated heterocycles. The molecular weight excluding hydrogens is 453 g/mol. The van der Waals surface area contributed by atoms with Crippen molar-refractivity contribution in [2.75, 3.05) is 38.1 Å². The minimum Gasteiger partial charge on any atom is -0.367 e. The van der Waals surface area contributed by atoms with Crippen molar-refractivity contribution in [3.05, 3.63) is 29.8 Å². The molecular formula is C20H32IN5O. The van der Waals surface area contributed by atoms with Gasteiger partial charge in [-0.3, -0.25) is 9.79 Å². The van der Waals surface area contributed by atoms with E-state index in [2.05, 4.69) is 51.7 Å². The first-order valence-electron chi connectivity index (χ1n) is 9.71. The minimum atomic E-state index is 0. The zero-order valence-corrected chi connectivity index (χ0v) is 18.9. The molecule has 0 aliphatic carbocycles. The van der Waals surface area contributed by atoms with Crippen LogP contribution in [0.4, 0.5) is 5.69 Å². The van der Waals surface area contributed by atoms with Crippen molar-refractivity contribution in [1.82, 2.24) is 15.5 Å². The summed E-state index contributed by atoms with van der Waals surface area (Å²) in [5.41, 5.74) is 2.79. The van der Waals surface area contributed by atoms with Crippen LogP contribution >= 0.6 is 24.0 Å². The lowest BCUT2D eigenvalue weighted by atomic mass is 10.1. The molecule has 1 aromatic rings. The molecule has 2 aliphatic rings. The summed E-state index contributed by atoms with van der Waals surface area (Å²) in [5, 5.41) is 6.88. The van der Waals surface area contributed by atoms with Gasteiger partial charge in [-0.2, -0.15) is 0 Å². The third kappa shape index (κ3) is 5.27. The molecule has 1 aromatic carbocycles. The first-order valence-corrected chi connectivity index (χ1v) is 9.71. The number of carbonyl (C=O) groups excluding carboxylic acids is 1. The van der Waals surface area contributed by atoms with Crippen molar-refractivity contribution < 1.29 is 4.79 Å². The number of hydrogen-bond donors (Lipinski definition) is 2. The van der Waals surface area contributed by atoms with Crippen LogP contribution < -0.4 is 15.5 Å². The van der Waals surface area contributed by atoms with Gasteiger partial charge in [0.05, 0.1) is 0 Å². The summed E-state index contributed by atoms with van der Waals surface area (Å²) >= 11 is 0. The van der Waals surface area contributed by atoms with E-state index in [9.17, 15) is 4.79 Å². The summed E-state index contributed by atoms with van der Waals surface area (Å²) in [6.45, 7) is 7.59. The molecule has 0 radical (unpaired) electrons. The number of para-hydroxylation sites is 1. The van der Waals surface area contributed by atoms with Gasteiger partial charge in [-0.05, 0) is 31.4 Å². The molecule has 2 N–H and O–H groups in total. The average Bonchev–Trinajstić information content (AvgIpc) is 3.24. The predicted molar refractivity (Wildman–Crippen MR) is 122 cm³/mol. The number of halogens is 1. The molecule has 150 valence electrons. The van der Waals surface area contributed by atoms with E-state index in [0.29, 0.717) is 12.5 Å². The fourth-order valence-corrected chi connectivity index (χ4v) is 3.98. The Morgan fingerprint density at radius 2 is 2.11 bits per heavy atom. The fraction of sp³-hybridized carbons (Fsp3) is 0.600. The molecule has 1 fully saturated rings. The molecule has 1 amide bonds. The molecule has 27 heavy (non-hydrogen) atoms. The third-order valence-corrected chi connectivity index (χ3v) is 5.40. The van der Waals surface area contributed by atoms with Gasteiger partial charge in [-0.25, -0.2) is 0 Å². The third-order valence-electron chi connectivity index (χ3n) is 5.40. The van der Waals surface area contributed by atoms with Gasteiger partial charge in [0, 0.05) is 57.4 Å². The van der Waals surface area contributed by atoms with Crippen LogP contribution in [0.25, 0.3) is 0 Å². The number of nitrogens with zero attached hydrogens (tertiary/aromatic N) is 3. The average molecular weight is 485 g/mol. The molecule has 0 spiro atoms. The summed E-state index contributed by atoms with van der Waals surface area (Å²) in [7, 11) is 1.80. The summed E-state index contributed by atoms with van der Waals surface area (Å²) in [5.74, 6) is 1.06. The lowest BCUT2D eigenvalue weighted by molar-refractivity contribution is -0.129. The lowest BCUT2D eigenvalue weighted by Crippen LogP contribution is -2.47. The second-order valence-corrected chi connectivity index (χ2v) is 7.20. The van der Waals surface area contributed by atoms with Crippen LogP contribution in [0.5, 0.6) is 0 Å². The Balaban J connectivity index is 0.00000261. The molecule has 0 aromatic heterocycles. The second-order valence-electron chi connectivity index (χ2n) is 7.20. The zero-order chi connectivity index (χ0) is 18.5. The Labute approximate surface area is 179 Å². The largest absolute Gasteiger partial charge is 0.367 e. The quantitative estimate of drug-likeness (QED) is 0.382. The molecule has 2 unspecified atom stereocenters. The maximum atomic E-state index is 11.8. The molecule has 3 rings (SSSR count). The van der Waals surface area contributed by atoms with Crippen LogP contribution in [0.2, 0.25) is 0 Å². The number of hydrogen-bond acceptors (Lipinski definition) is 3. The fourth-order valence-electron chi connectivity index (χ4n) is 3.98. The number of amides is 1. The van der Waals surface area contributed by atoms with Gasteiger partial charge in [-0.1, -0.05) is 25.1 Å². The highest BCUT2D eigenvalue weighted by atomic mass is 127. The van der Waals surface area contributed by atoms with Crippen LogP contribution in [0.1, 0.15) is 32.3 Å². The molecule has 0 saturated carbocycles. The van der Waals surface area contributed by atoms with Crippen molar-refractivity contribution in [3.63, 3.8) is 0 Å². The van der Waals surface area contributed by atoms with Gasteiger partial charge < -0.3 is 20.4 Å². The van der Waals surface area contributed by atoms with E-state index in [-0.39, 0.29) is 35.9 Å². The summed E-state index contributed by atoms with van der Waals surface area (Å²) < 4.78 is 0. The molecule has 7 heteroatoms. The number of carbonyl (C=O) groups is 1. The highest BCUT2D eigenvalue weighted by Gasteiger charge is 2.27. The molecule has 6 nitrogen and oxygen atoms in total. The topological polar surface area (TPSA) is 60.0 Å². The van der Waals surface area contributed by atoms with Crippen LogP contribution in [-0.2, 0) is 11.2 Å². The number of benzene rings is 1. The Morgan fingerprint density at radius 3 is 2.85 bits per heavy atom. The van der Waals surface area contributed by atoms with Gasteiger partial charge in [0.25, 0.3) is 0 Å². The molecule has 0 bridgehead atoms. The molecule has 2 atom stereocenters. The minimum absolute atomic E-state index is 0. The van der Waals surface area contributed by atoms with Crippen LogP contribution in [0.3, 0.4) is 0 Å². The monoisotopic (exact) mass is 485 g/mol.